The zero-order valence-corrected chi connectivity index (χ0v) is 14.0. The van der Waals surface area contributed by atoms with Gasteiger partial charge >= 0.3 is 0 Å². The van der Waals surface area contributed by atoms with Crippen molar-refractivity contribution < 1.29 is 18.6 Å². The maximum Gasteiger partial charge on any atom is 0.213 e. The minimum absolute atomic E-state index is 0.128. The molecule has 1 heterocycles. The van der Waals surface area contributed by atoms with Gasteiger partial charge in [0.2, 0.25) is 5.88 Å². The van der Waals surface area contributed by atoms with E-state index in [0.717, 1.165) is 10.9 Å². The summed E-state index contributed by atoms with van der Waals surface area (Å²) in [5, 5.41) is 0.914. The number of nitrogens with zero attached hydrogens (tertiary/aromatic N) is 1. The fraction of sp³-hybridized carbons (Fsp3) is 0.389. The molecule has 0 saturated heterocycles. The molecule has 2 rings (SSSR count). The van der Waals surface area contributed by atoms with Crippen LogP contribution in [-0.2, 0) is 4.74 Å². The first-order chi connectivity index (χ1) is 11.6. The molecule has 0 amide bonds. The van der Waals surface area contributed by atoms with Crippen molar-refractivity contribution in [3.05, 3.63) is 42.2 Å². The Balaban J connectivity index is 1.97. The number of hydrogen-bond donors (Lipinski definition) is 1. The van der Waals surface area contributed by atoms with Crippen molar-refractivity contribution in [2.45, 2.75) is 20.0 Å². The SMILES string of the molecule is CC(C)OCCOc1ccc2cc(OC/C(=C/F)CN)ccc2n1. The highest BCUT2D eigenvalue weighted by atomic mass is 19.1. The van der Waals surface area contributed by atoms with Gasteiger partial charge < -0.3 is 19.9 Å². The lowest BCUT2D eigenvalue weighted by Crippen LogP contribution is -2.11. The summed E-state index contributed by atoms with van der Waals surface area (Å²) in [6.45, 7) is 5.20. The maximum atomic E-state index is 12.5. The number of benzene rings is 1. The molecule has 1 aromatic heterocycles. The summed E-state index contributed by atoms with van der Waals surface area (Å²) in [7, 11) is 0. The van der Waals surface area contributed by atoms with E-state index < -0.39 is 0 Å². The van der Waals surface area contributed by atoms with Gasteiger partial charge in [0.05, 0.1) is 24.6 Å². The zero-order valence-electron chi connectivity index (χ0n) is 14.0. The number of pyridine rings is 1. The quantitative estimate of drug-likeness (QED) is 0.713. The summed E-state index contributed by atoms with van der Waals surface area (Å²) < 4.78 is 29.0. The van der Waals surface area contributed by atoms with Gasteiger partial charge in [0.15, 0.2) is 0 Å². The molecule has 2 N–H and O–H groups in total. The fourth-order valence-corrected chi connectivity index (χ4v) is 2.00. The molecule has 0 aliphatic rings. The molecule has 0 atom stereocenters. The molecule has 0 saturated carbocycles. The molecule has 5 nitrogen and oxygen atoms in total. The third-order valence-electron chi connectivity index (χ3n) is 3.26. The average molecular weight is 334 g/mol. The van der Waals surface area contributed by atoms with Crippen LogP contribution in [0.5, 0.6) is 11.6 Å². The van der Waals surface area contributed by atoms with Gasteiger partial charge in [-0.3, -0.25) is 0 Å². The van der Waals surface area contributed by atoms with Crippen LogP contribution in [0.2, 0.25) is 0 Å². The summed E-state index contributed by atoms with van der Waals surface area (Å²) in [5.41, 5.74) is 6.60. The number of fused-ring (bicyclic) bond motifs is 1. The summed E-state index contributed by atoms with van der Waals surface area (Å²) in [5.74, 6) is 1.19. The molecular formula is C18H23FN2O3. The van der Waals surface area contributed by atoms with Crippen LogP contribution in [0.15, 0.2) is 42.2 Å². The number of halogens is 1. The maximum absolute atomic E-state index is 12.5. The summed E-state index contributed by atoms with van der Waals surface area (Å²) in [6.07, 6.45) is 0.665. The molecule has 2 aromatic rings. The number of rotatable bonds is 9. The van der Waals surface area contributed by atoms with Gasteiger partial charge in [-0.2, -0.15) is 0 Å². The molecule has 130 valence electrons. The summed E-state index contributed by atoms with van der Waals surface area (Å²) >= 11 is 0. The third-order valence-corrected chi connectivity index (χ3v) is 3.26. The Morgan fingerprint density at radius 2 is 2.04 bits per heavy atom. The van der Waals surface area contributed by atoms with Crippen molar-refractivity contribution in [2.24, 2.45) is 5.73 Å². The molecule has 0 aliphatic heterocycles. The van der Waals surface area contributed by atoms with E-state index in [9.17, 15) is 4.39 Å². The summed E-state index contributed by atoms with van der Waals surface area (Å²) in [4.78, 5) is 4.44. The number of ether oxygens (including phenoxy) is 3. The van der Waals surface area contributed by atoms with E-state index in [0.29, 0.717) is 36.7 Å². The summed E-state index contributed by atoms with van der Waals surface area (Å²) in [6, 6.07) is 9.17. The predicted molar refractivity (Wildman–Crippen MR) is 92.1 cm³/mol. The first-order valence-electron chi connectivity index (χ1n) is 7.88. The van der Waals surface area contributed by atoms with E-state index in [1.54, 1.807) is 12.1 Å². The Bertz CT molecular complexity index is 689. The molecule has 0 bridgehead atoms. The average Bonchev–Trinajstić information content (AvgIpc) is 2.59. The normalized spacial score (nSPS) is 12.0. The zero-order chi connectivity index (χ0) is 17.4. The van der Waals surface area contributed by atoms with Crippen molar-refractivity contribution in [1.29, 1.82) is 0 Å². The van der Waals surface area contributed by atoms with Gasteiger partial charge in [0.25, 0.3) is 0 Å². The Hall–Kier alpha value is -2.18. The smallest absolute Gasteiger partial charge is 0.213 e. The standard InChI is InChI=1S/C18H23FN2O3/c1-13(2)22-7-8-23-18-6-3-15-9-16(4-5-17(15)21-18)24-12-14(10-19)11-20/h3-6,9-10,13H,7-8,11-12,20H2,1-2H3/b14-10+. The van der Waals surface area contributed by atoms with Gasteiger partial charge in [0, 0.05) is 23.6 Å². The second-order valence-electron chi connectivity index (χ2n) is 5.53. The number of hydrogen-bond acceptors (Lipinski definition) is 5. The van der Waals surface area contributed by atoms with E-state index >= 15 is 0 Å². The first-order valence-corrected chi connectivity index (χ1v) is 7.88. The van der Waals surface area contributed by atoms with Crippen LogP contribution in [0.1, 0.15) is 13.8 Å². The molecule has 6 heteroatoms. The molecule has 0 aliphatic carbocycles. The fourth-order valence-electron chi connectivity index (χ4n) is 2.00. The Morgan fingerprint density at radius 1 is 1.21 bits per heavy atom. The van der Waals surface area contributed by atoms with E-state index in [4.69, 9.17) is 19.9 Å². The van der Waals surface area contributed by atoms with Crippen LogP contribution >= 0.6 is 0 Å². The lowest BCUT2D eigenvalue weighted by Gasteiger charge is -2.10. The van der Waals surface area contributed by atoms with Crippen molar-refractivity contribution >= 4 is 10.9 Å². The van der Waals surface area contributed by atoms with Crippen LogP contribution in [-0.4, -0.2) is 37.5 Å². The van der Waals surface area contributed by atoms with Gasteiger partial charge in [-0.05, 0) is 38.1 Å². The van der Waals surface area contributed by atoms with Gasteiger partial charge in [0.1, 0.15) is 19.0 Å². The lowest BCUT2D eigenvalue weighted by atomic mass is 10.2. The molecular weight excluding hydrogens is 311 g/mol. The first kappa shape index (κ1) is 18.2. The highest BCUT2D eigenvalue weighted by Gasteiger charge is 2.03. The number of aromatic nitrogens is 1. The molecule has 0 radical (unpaired) electrons. The predicted octanol–water partition coefficient (Wildman–Crippen LogP) is 3.23. The monoisotopic (exact) mass is 334 g/mol. The largest absolute Gasteiger partial charge is 0.489 e. The van der Waals surface area contributed by atoms with E-state index in [1.807, 2.05) is 32.0 Å². The van der Waals surface area contributed by atoms with E-state index in [2.05, 4.69) is 4.98 Å². The minimum atomic E-state index is 0.128. The van der Waals surface area contributed by atoms with E-state index in [1.165, 1.54) is 0 Å². The molecule has 24 heavy (non-hydrogen) atoms. The van der Waals surface area contributed by atoms with E-state index in [-0.39, 0.29) is 19.3 Å². The highest BCUT2D eigenvalue weighted by Crippen LogP contribution is 2.22. The van der Waals surface area contributed by atoms with Crippen molar-refractivity contribution in [3.63, 3.8) is 0 Å². The minimum Gasteiger partial charge on any atom is -0.489 e. The lowest BCUT2D eigenvalue weighted by molar-refractivity contribution is 0.0543. The highest BCUT2D eigenvalue weighted by molar-refractivity contribution is 5.80. The van der Waals surface area contributed by atoms with Crippen LogP contribution in [0, 0.1) is 0 Å². The van der Waals surface area contributed by atoms with Gasteiger partial charge in [-0.1, -0.05) is 0 Å². The topological polar surface area (TPSA) is 66.6 Å². The van der Waals surface area contributed by atoms with Gasteiger partial charge in [-0.25, -0.2) is 9.37 Å². The second-order valence-corrected chi connectivity index (χ2v) is 5.53. The Morgan fingerprint density at radius 3 is 2.75 bits per heavy atom. The van der Waals surface area contributed by atoms with Crippen LogP contribution < -0.4 is 15.2 Å². The van der Waals surface area contributed by atoms with Crippen LogP contribution in [0.3, 0.4) is 0 Å². The molecule has 1 aromatic carbocycles. The van der Waals surface area contributed by atoms with Crippen molar-refractivity contribution in [3.8, 4) is 11.6 Å². The molecule has 0 unspecified atom stereocenters. The van der Waals surface area contributed by atoms with Crippen molar-refractivity contribution in [2.75, 3.05) is 26.4 Å². The van der Waals surface area contributed by atoms with Crippen LogP contribution in [0.4, 0.5) is 4.39 Å². The van der Waals surface area contributed by atoms with Crippen molar-refractivity contribution in [1.82, 2.24) is 4.98 Å². The molecule has 0 spiro atoms. The van der Waals surface area contributed by atoms with Crippen LogP contribution in [0.25, 0.3) is 10.9 Å². The van der Waals surface area contributed by atoms with Gasteiger partial charge in [-0.15, -0.1) is 0 Å². The Kier molecular flexibility index (Phi) is 6.96. The number of nitrogens with two attached hydrogens (primary N) is 1. The second kappa shape index (κ2) is 9.20. The Labute approximate surface area is 141 Å². The molecule has 0 fully saturated rings. The third kappa shape index (κ3) is 5.47.